The monoisotopic (exact) mass is 248 g/mol. The molecule has 18 heavy (non-hydrogen) atoms. The summed E-state index contributed by atoms with van der Waals surface area (Å²) >= 11 is 0. The topological polar surface area (TPSA) is 73.1 Å². The first-order valence-corrected chi connectivity index (χ1v) is 5.69. The van der Waals surface area contributed by atoms with Crippen LogP contribution in [-0.4, -0.2) is 16.6 Å². The number of carboxylic acid groups (broad SMARTS) is 1. The number of aliphatic carboxylic acids is 1. The van der Waals surface area contributed by atoms with Crippen LogP contribution in [0.5, 0.6) is 0 Å². The van der Waals surface area contributed by atoms with Crippen molar-refractivity contribution in [1.82, 2.24) is 0 Å². The smallest absolute Gasteiger partial charge is 0.329 e. The first kappa shape index (κ1) is 12.4. The largest absolute Gasteiger partial charge is 0.480 e. The normalized spacial score (nSPS) is 17.6. The number of carboxylic acids is 1. The highest BCUT2D eigenvalue weighted by Crippen LogP contribution is 2.42. The molecule has 0 heterocycles. The van der Waals surface area contributed by atoms with Gasteiger partial charge in [0.2, 0.25) is 0 Å². The molecule has 0 aliphatic heterocycles. The van der Waals surface area contributed by atoms with Crippen molar-refractivity contribution in [2.24, 2.45) is 5.92 Å². The van der Waals surface area contributed by atoms with E-state index in [-0.39, 0.29) is 17.2 Å². The van der Waals surface area contributed by atoms with Crippen molar-refractivity contribution in [2.75, 3.05) is 5.32 Å². The van der Waals surface area contributed by atoms with Crippen molar-refractivity contribution >= 4 is 11.7 Å². The van der Waals surface area contributed by atoms with Gasteiger partial charge in [0.25, 0.3) is 0 Å². The summed E-state index contributed by atoms with van der Waals surface area (Å²) in [7, 11) is 0. The highest BCUT2D eigenvalue weighted by Gasteiger charge is 2.47. The van der Waals surface area contributed by atoms with E-state index >= 15 is 0 Å². The van der Waals surface area contributed by atoms with Gasteiger partial charge >= 0.3 is 5.97 Å². The standard InChI is InChI=1S/C13H13FN2O2/c1-13(12(17)18,8-5-6-8)16-11-4-2-3-10(14)9(11)7-15/h2-4,8,16H,5-6H2,1H3,(H,17,18). The van der Waals surface area contributed by atoms with Crippen molar-refractivity contribution < 1.29 is 14.3 Å². The average Bonchev–Trinajstić information content (AvgIpc) is 3.13. The van der Waals surface area contributed by atoms with Crippen LogP contribution in [0.1, 0.15) is 25.3 Å². The van der Waals surface area contributed by atoms with Gasteiger partial charge in [0, 0.05) is 0 Å². The maximum absolute atomic E-state index is 13.4. The van der Waals surface area contributed by atoms with Crippen molar-refractivity contribution in [3.63, 3.8) is 0 Å². The molecule has 1 aromatic carbocycles. The van der Waals surface area contributed by atoms with Gasteiger partial charge in [0.15, 0.2) is 0 Å². The van der Waals surface area contributed by atoms with E-state index in [0.29, 0.717) is 0 Å². The third-order valence-electron chi connectivity index (χ3n) is 3.36. The van der Waals surface area contributed by atoms with E-state index in [1.807, 2.05) is 0 Å². The van der Waals surface area contributed by atoms with Crippen LogP contribution < -0.4 is 5.32 Å². The second-order valence-electron chi connectivity index (χ2n) is 4.68. The third kappa shape index (κ3) is 2.02. The Morgan fingerprint density at radius 2 is 2.28 bits per heavy atom. The molecule has 5 heteroatoms. The van der Waals surface area contributed by atoms with Gasteiger partial charge in [-0.05, 0) is 37.8 Å². The second-order valence-corrected chi connectivity index (χ2v) is 4.68. The van der Waals surface area contributed by atoms with E-state index in [2.05, 4.69) is 5.32 Å². The van der Waals surface area contributed by atoms with Gasteiger partial charge in [0.05, 0.1) is 5.69 Å². The van der Waals surface area contributed by atoms with Gasteiger partial charge in [-0.1, -0.05) is 6.07 Å². The molecule has 0 radical (unpaired) electrons. The van der Waals surface area contributed by atoms with Crippen LogP contribution in [0, 0.1) is 23.1 Å². The summed E-state index contributed by atoms with van der Waals surface area (Å²) in [5.74, 6) is -1.62. The fourth-order valence-electron chi connectivity index (χ4n) is 2.01. The highest BCUT2D eigenvalue weighted by atomic mass is 19.1. The predicted molar refractivity (Wildman–Crippen MR) is 63.5 cm³/mol. The van der Waals surface area contributed by atoms with Crippen molar-refractivity contribution in [3.05, 3.63) is 29.6 Å². The first-order valence-electron chi connectivity index (χ1n) is 5.69. The van der Waals surface area contributed by atoms with Crippen molar-refractivity contribution in [2.45, 2.75) is 25.3 Å². The van der Waals surface area contributed by atoms with Gasteiger partial charge in [0.1, 0.15) is 23.0 Å². The van der Waals surface area contributed by atoms with E-state index < -0.39 is 17.3 Å². The van der Waals surface area contributed by atoms with Gasteiger partial charge < -0.3 is 10.4 Å². The van der Waals surface area contributed by atoms with Crippen LogP contribution in [0.15, 0.2) is 18.2 Å². The molecule has 1 fully saturated rings. The van der Waals surface area contributed by atoms with Crippen molar-refractivity contribution in [1.29, 1.82) is 5.26 Å². The van der Waals surface area contributed by atoms with Crippen LogP contribution in [0.3, 0.4) is 0 Å². The number of anilines is 1. The summed E-state index contributed by atoms with van der Waals surface area (Å²) in [5, 5.41) is 21.0. The van der Waals surface area contributed by atoms with Crippen LogP contribution in [0.2, 0.25) is 0 Å². The van der Waals surface area contributed by atoms with Crippen LogP contribution in [0.25, 0.3) is 0 Å². The summed E-state index contributed by atoms with van der Waals surface area (Å²) in [5.41, 5.74) is -1.07. The molecule has 94 valence electrons. The zero-order valence-corrected chi connectivity index (χ0v) is 9.90. The van der Waals surface area contributed by atoms with E-state index in [4.69, 9.17) is 5.26 Å². The van der Waals surface area contributed by atoms with Crippen LogP contribution in [-0.2, 0) is 4.79 Å². The number of hydrogen-bond donors (Lipinski definition) is 2. The lowest BCUT2D eigenvalue weighted by atomic mass is 9.95. The van der Waals surface area contributed by atoms with E-state index in [0.717, 1.165) is 12.8 Å². The lowest BCUT2D eigenvalue weighted by molar-refractivity contribution is -0.142. The maximum Gasteiger partial charge on any atom is 0.329 e. The highest BCUT2D eigenvalue weighted by molar-refractivity contribution is 5.84. The molecule has 2 rings (SSSR count). The molecule has 0 amide bonds. The molecule has 2 N–H and O–H groups in total. The fourth-order valence-corrected chi connectivity index (χ4v) is 2.01. The zero-order chi connectivity index (χ0) is 13.3. The van der Waals surface area contributed by atoms with Gasteiger partial charge in [-0.15, -0.1) is 0 Å². The third-order valence-corrected chi connectivity index (χ3v) is 3.36. The number of nitrogens with zero attached hydrogens (tertiary/aromatic N) is 1. The molecule has 4 nitrogen and oxygen atoms in total. The number of nitriles is 1. The molecule has 0 bridgehead atoms. The Hall–Kier alpha value is -2.09. The Morgan fingerprint density at radius 3 is 2.78 bits per heavy atom. The molecular formula is C13H13FN2O2. The summed E-state index contributed by atoms with van der Waals surface area (Å²) in [6.45, 7) is 1.57. The lowest BCUT2D eigenvalue weighted by Gasteiger charge is -2.27. The van der Waals surface area contributed by atoms with Crippen LogP contribution >= 0.6 is 0 Å². The quantitative estimate of drug-likeness (QED) is 0.857. The van der Waals surface area contributed by atoms with E-state index in [9.17, 15) is 14.3 Å². The summed E-state index contributed by atoms with van der Waals surface area (Å²) in [4.78, 5) is 11.4. The molecule has 1 aliphatic rings. The molecule has 0 saturated heterocycles. The molecule has 1 atom stereocenters. The second kappa shape index (κ2) is 4.30. The Balaban J connectivity index is 2.36. The average molecular weight is 248 g/mol. The number of carbonyl (C=O) groups is 1. The number of hydrogen-bond acceptors (Lipinski definition) is 3. The molecule has 1 aliphatic carbocycles. The Labute approximate surface area is 104 Å². The van der Waals surface area contributed by atoms with Gasteiger partial charge in [-0.3, -0.25) is 0 Å². The van der Waals surface area contributed by atoms with Gasteiger partial charge in [-0.25, -0.2) is 9.18 Å². The molecule has 1 aromatic rings. The first-order chi connectivity index (χ1) is 8.49. The minimum absolute atomic E-state index is 0.0183. The Bertz CT molecular complexity index is 534. The molecular weight excluding hydrogens is 235 g/mol. The molecule has 1 unspecified atom stereocenters. The fraction of sp³-hybridized carbons (Fsp3) is 0.385. The minimum atomic E-state index is -1.15. The van der Waals surface area contributed by atoms with Crippen molar-refractivity contribution in [3.8, 4) is 6.07 Å². The lowest BCUT2D eigenvalue weighted by Crippen LogP contribution is -2.45. The number of benzene rings is 1. The Kier molecular flexibility index (Phi) is 2.95. The van der Waals surface area contributed by atoms with Gasteiger partial charge in [-0.2, -0.15) is 5.26 Å². The van der Waals surface area contributed by atoms with E-state index in [1.165, 1.54) is 18.2 Å². The molecule has 1 saturated carbocycles. The van der Waals surface area contributed by atoms with E-state index in [1.54, 1.807) is 13.0 Å². The number of rotatable bonds is 4. The number of halogens is 1. The predicted octanol–water partition coefficient (Wildman–Crippen LogP) is 2.36. The van der Waals surface area contributed by atoms with Crippen LogP contribution in [0.4, 0.5) is 10.1 Å². The zero-order valence-electron chi connectivity index (χ0n) is 9.90. The minimum Gasteiger partial charge on any atom is -0.480 e. The summed E-state index contributed by atoms with van der Waals surface area (Å²) < 4.78 is 13.4. The summed E-state index contributed by atoms with van der Waals surface area (Å²) in [6.07, 6.45) is 1.65. The molecule has 0 aromatic heterocycles. The molecule has 0 spiro atoms. The number of nitrogens with one attached hydrogen (secondary N) is 1. The Morgan fingerprint density at radius 1 is 1.61 bits per heavy atom. The summed E-state index contributed by atoms with van der Waals surface area (Å²) in [6, 6.07) is 5.90. The SMILES string of the molecule is CC(Nc1cccc(F)c1C#N)(C(=O)O)C1CC1. The maximum atomic E-state index is 13.4.